The fourth-order valence-electron chi connectivity index (χ4n) is 4.16. The van der Waals surface area contributed by atoms with E-state index in [0.717, 1.165) is 62.2 Å². The molecule has 0 bridgehead atoms. The van der Waals surface area contributed by atoms with E-state index in [4.69, 9.17) is 5.73 Å². The van der Waals surface area contributed by atoms with Crippen molar-refractivity contribution in [3.05, 3.63) is 35.2 Å². The van der Waals surface area contributed by atoms with E-state index in [9.17, 15) is 9.59 Å². The molecule has 1 atom stereocenters. The lowest BCUT2D eigenvalue weighted by Crippen LogP contribution is -2.40. The Kier molecular flexibility index (Phi) is 4.48. The Morgan fingerprint density at radius 1 is 1.27 bits per heavy atom. The molecule has 138 valence electrons. The van der Waals surface area contributed by atoms with Crippen molar-refractivity contribution in [3.8, 4) is 0 Å². The molecule has 8 nitrogen and oxygen atoms in total. The monoisotopic (exact) mass is 356 g/mol. The Hall–Kier alpha value is -2.64. The Balaban J connectivity index is 1.52. The van der Waals surface area contributed by atoms with Crippen molar-refractivity contribution in [3.63, 3.8) is 0 Å². The van der Waals surface area contributed by atoms with Gasteiger partial charge in [-0.2, -0.15) is 5.10 Å². The molecule has 1 aliphatic heterocycles. The number of primary amides is 1. The van der Waals surface area contributed by atoms with Gasteiger partial charge < -0.3 is 15.2 Å². The smallest absolute Gasteiger partial charge is 0.274 e. The minimum absolute atomic E-state index is 0.00195. The zero-order valence-corrected chi connectivity index (χ0v) is 14.8. The van der Waals surface area contributed by atoms with Crippen LogP contribution in [0.25, 0.3) is 0 Å². The van der Waals surface area contributed by atoms with Gasteiger partial charge in [0, 0.05) is 42.7 Å². The summed E-state index contributed by atoms with van der Waals surface area (Å²) in [6.45, 7) is 1.44. The summed E-state index contributed by atoms with van der Waals surface area (Å²) in [5, 5.41) is 7.37. The van der Waals surface area contributed by atoms with E-state index in [1.165, 1.54) is 0 Å². The van der Waals surface area contributed by atoms with Crippen molar-refractivity contribution in [1.29, 1.82) is 0 Å². The van der Waals surface area contributed by atoms with Gasteiger partial charge in [0.2, 0.25) is 5.91 Å². The average Bonchev–Trinajstić information content (AvgIpc) is 3.27. The summed E-state index contributed by atoms with van der Waals surface area (Å²) < 4.78 is 1.79. The normalized spacial score (nSPS) is 20.0. The van der Waals surface area contributed by atoms with Gasteiger partial charge in [-0.05, 0) is 38.5 Å². The topological polar surface area (TPSA) is 110 Å². The zero-order valence-electron chi connectivity index (χ0n) is 14.8. The number of likely N-dealkylation sites (tertiary alicyclic amines) is 1. The van der Waals surface area contributed by atoms with Crippen LogP contribution in [0.5, 0.6) is 0 Å². The van der Waals surface area contributed by atoms with Crippen LogP contribution < -0.4 is 5.73 Å². The molecule has 0 radical (unpaired) electrons. The van der Waals surface area contributed by atoms with E-state index in [-0.39, 0.29) is 18.4 Å². The highest BCUT2D eigenvalue weighted by Crippen LogP contribution is 2.28. The third-order valence-corrected chi connectivity index (χ3v) is 5.41. The van der Waals surface area contributed by atoms with Crippen molar-refractivity contribution in [2.24, 2.45) is 5.73 Å². The number of nitrogens with zero attached hydrogens (tertiary/aromatic N) is 4. The average molecular weight is 356 g/mol. The molecule has 26 heavy (non-hydrogen) atoms. The van der Waals surface area contributed by atoms with Gasteiger partial charge in [-0.15, -0.1) is 0 Å². The first-order chi connectivity index (χ1) is 12.6. The maximum atomic E-state index is 13.1. The molecule has 2 aliphatic rings. The predicted octanol–water partition coefficient (Wildman–Crippen LogP) is 0.990. The molecule has 0 aromatic carbocycles. The molecule has 2 amide bonds. The van der Waals surface area contributed by atoms with Crippen LogP contribution in [0.2, 0.25) is 0 Å². The molecule has 2 aromatic heterocycles. The van der Waals surface area contributed by atoms with E-state index in [1.54, 1.807) is 17.0 Å². The van der Waals surface area contributed by atoms with Crippen LogP contribution in [0.4, 0.5) is 0 Å². The lowest BCUT2D eigenvalue weighted by Gasteiger charge is -2.32. The van der Waals surface area contributed by atoms with Crippen molar-refractivity contribution in [2.75, 3.05) is 13.1 Å². The zero-order chi connectivity index (χ0) is 18.1. The molecule has 0 saturated carbocycles. The number of amides is 2. The number of H-pyrrole nitrogens is 1. The minimum atomic E-state index is -0.392. The molecule has 3 N–H and O–H groups in total. The van der Waals surface area contributed by atoms with Gasteiger partial charge in [0.1, 0.15) is 12.4 Å². The highest BCUT2D eigenvalue weighted by atomic mass is 16.2. The summed E-state index contributed by atoms with van der Waals surface area (Å²) in [4.78, 5) is 30.6. The van der Waals surface area contributed by atoms with E-state index >= 15 is 0 Å². The van der Waals surface area contributed by atoms with Gasteiger partial charge in [-0.3, -0.25) is 14.7 Å². The van der Waals surface area contributed by atoms with Crippen molar-refractivity contribution in [1.82, 2.24) is 24.6 Å². The van der Waals surface area contributed by atoms with Crippen LogP contribution in [-0.2, 0) is 24.2 Å². The maximum Gasteiger partial charge on any atom is 0.274 e. The molecule has 2 aromatic rings. The summed E-state index contributed by atoms with van der Waals surface area (Å²) >= 11 is 0. The lowest BCUT2D eigenvalue weighted by molar-refractivity contribution is -0.118. The number of aryl methyl sites for hydroxylation is 1. The second-order valence-corrected chi connectivity index (χ2v) is 7.21. The lowest BCUT2D eigenvalue weighted by atomic mass is 9.94. The summed E-state index contributed by atoms with van der Waals surface area (Å²) in [5.74, 6) is 0.542. The van der Waals surface area contributed by atoms with Crippen LogP contribution in [0.1, 0.15) is 59.2 Å². The van der Waals surface area contributed by atoms with Gasteiger partial charge in [0.15, 0.2) is 5.69 Å². The predicted molar refractivity (Wildman–Crippen MR) is 94.5 cm³/mol. The SMILES string of the molecule is NC(=O)Cn1ccnc1[C@@H]1CCCN(C(=O)c2n[nH]c3c2CCCC3)C1. The van der Waals surface area contributed by atoms with Gasteiger partial charge in [-0.1, -0.05) is 0 Å². The van der Waals surface area contributed by atoms with Crippen LogP contribution in [-0.4, -0.2) is 49.6 Å². The fourth-order valence-corrected chi connectivity index (χ4v) is 4.16. The molecule has 1 aliphatic carbocycles. The number of piperidine rings is 1. The third kappa shape index (κ3) is 3.11. The van der Waals surface area contributed by atoms with E-state index in [2.05, 4.69) is 15.2 Å². The summed E-state index contributed by atoms with van der Waals surface area (Å²) in [5.41, 5.74) is 8.12. The number of rotatable bonds is 4. The Morgan fingerprint density at radius 3 is 2.96 bits per heavy atom. The number of imidazole rings is 1. The van der Waals surface area contributed by atoms with Crippen molar-refractivity contribution >= 4 is 11.8 Å². The number of aromatic nitrogens is 4. The molecule has 0 unspecified atom stereocenters. The number of hydrogen-bond acceptors (Lipinski definition) is 4. The van der Waals surface area contributed by atoms with Gasteiger partial charge in [0.25, 0.3) is 5.91 Å². The highest BCUT2D eigenvalue weighted by molar-refractivity contribution is 5.94. The first-order valence-electron chi connectivity index (χ1n) is 9.28. The largest absolute Gasteiger partial charge is 0.368 e. The molecule has 4 rings (SSSR count). The highest BCUT2D eigenvalue weighted by Gasteiger charge is 2.31. The first kappa shape index (κ1) is 16.8. The van der Waals surface area contributed by atoms with E-state index in [0.29, 0.717) is 12.2 Å². The second-order valence-electron chi connectivity index (χ2n) is 7.21. The molecular weight excluding hydrogens is 332 g/mol. The quantitative estimate of drug-likeness (QED) is 0.851. The Bertz CT molecular complexity index is 824. The minimum Gasteiger partial charge on any atom is -0.368 e. The summed E-state index contributed by atoms with van der Waals surface area (Å²) in [6.07, 6.45) is 9.46. The van der Waals surface area contributed by atoms with Crippen LogP contribution in [0.3, 0.4) is 0 Å². The van der Waals surface area contributed by atoms with Crippen molar-refractivity contribution in [2.45, 2.75) is 51.0 Å². The van der Waals surface area contributed by atoms with Crippen LogP contribution >= 0.6 is 0 Å². The number of fused-ring (bicyclic) bond motifs is 1. The molecular formula is C18H24N6O2. The molecule has 1 fully saturated rings. The number of carbonyl (C=O) groups is 2. The van der Waals surface area contributed by atoms with Crippen LogP contribution in [0.15, 0.2) is 12.4 Å². The fraction of sp³-hybridized carbons (Fsp3) is 0.556. The summed E-state index contributed by atoms with van der Waals surface area (Å²) in [7, 11) is 0. The molecule has 3 heterocycles. The first-order valence-corrected chi connectivity index (χ1v) is 9.28. The number of nitrogens with two attached hydrogens (primary N) is 1. The van der Waals surface area contributed by atoms with Gasteiger partial charge in [0.05, 0.1) is 0 Å². The standard InChI is InChI=1S/C18H24N6O2/c19-15(25)11-23-9-7-20-17(23)12-4-3-8-24(10-12)18(26)16-13-5-1-2-6-14(13)21-22-16/h7,9,12H,1-6,8,10-11H2,(H2,19,25)(H,21,22)/t12-/m1/s1. The number of aromatic amines is 1. The number of carbonyl (C=O) groups excluding carboxylic acids is 2. The van der Waals surface area contributed by atoms with Gasteiger partial charge >= 0.3 is 0 Å². The number of hydrogen-bond donors (Lipinski definition) is 2. The third-order valence-electron chi connectivity index (χ3n) is 5.41. The summed E-state index contributed by atoms with van der Waals surface area (Å²) in [6, 6.07) is 0. The molecule has 8 heteroatoms. The Morgan fingerprint density at radius 2 is 2.12 bits per heavy atom. The Labute approximate surface area is 151 Å². The van der Waals surface area contributed by atoms with E-state index in [1.807, 2.05) is 4.90 Å². The van der Waals surface area contributed by atoms with Crippen LogP contribution in [0, 0.1) is 0 Å². The maximum absolute atomic E-state index is 13.1. The molecule has 1 saturated heterocycles. The number of nitrogens with one attached hydrogen (secondary N) is 1. The van der Waals surface area contributed by atoms with Crippen molar-refractivity contribution < 1.29 is 9.59 Å². The van der Waals surface area contributed by atoms with Gasteiger partial charge in [-0.25, -0.2) is 4.98 Å². The second kappa shape index (κ2) is 6.93. The molecule has 0 spiro atoms. The van der Waals surface area contributed by atoms with E-state index < -0.39 is 5.91 Å².